The molecule has 20 heteroatoms. The fraction of sp³-hybridized carbons (Fsp3) is 0.840. The first kappa shape index (κ1) is 36.9. The third kappa shape index (κ3) is 8.22. The van der Waals surface area contributed by atoms with Crippen LogP contribution in [0.15, 0.2) is 0 Å². The Balaban J connectivity index is 2.03. The fourth-order valence-electron chi connectivity index (χ4n) is 5.50. The first-order chi connectivity index (χ1) is 21.1. The molecule has 15 atom stereocenters. The van der Waals surface area contributed by atoms with Gasteiger partial charge in [0.2, 0.25) is 18.2 Å². The number of carboxylic acids is 1. The van der Waals surface area contributed by atoms with E-state index in [0.29, 0.717) is 0 Å². The lowest BCUT2D eigenvalue weighted by atomic mass is 9.86. The third-order valence-electron chi connectivity index (χ3n) is 7.76. The highest BCUT2D eigenvalue weighted by Crippen LogP contribution is 2.38. The van der Waals surface area contributed by atoms with Crippen LogP contribution in [0.3, 0.4) is 0 Å². The quantitative estimate of drug-likeness (QED) is 0.0870. The monoisotopic (exact) mass is 655 g/mol. The van der Waals surface area contributed by atoms with Crippen LogP contribution in [0.5, 0.6) is 0 Å². The molecule has 45 heavy (non-hydrogen) atoms. The molecule has 20 nitrogen and oxygen atoms in total. The summed E-state index contributed by atoms with van der Waals surface area (Å²) in [5, 5.41) is 89.6. The van der Waals surface area contributed by atoms with E-state index in [1.54, 1.807) is 0 Å². The summed E-state index contributed by atoms with van der Waals surface area (Å²) in [5.74, 6) is -6.20. The standard InChI is InChI=1S/C25H41N3O17/c1-8-17(35)21(16(28-10(3)32)23(42-8)43-13-6-41-22(38)19(37)18(13)36)45-25(24(39)40)4-11(33)15(27-9(2)31)20(44-25)14(26-7-30)12(34)5-29/h7-8,11-23,29,33-38H,4-6H2,1-3H3,(H,26,30)(H,27,31)(H,28,32)(H,39,40)/t8-,11-,12+,13-,14-,15-,16-,17+,18-,19-,20-,21-,22?,23+,25+/m1/s1. The Bertz CT molecular complexity index is 1050. The summed E-state index contributed by atoms with van der Waals surface area (Å²) in [7, 11) is 0. The number of aliphatic hydroxyl groups excluding tert-OH is 7. The van der Waals surface area contributed by atoms with Crippen LogP contribution >= 0.6 is 0 Å². The van der Waals surface area contributed by atoms with E-state index < -0.39 is 129 Å². The Labute approximate surface area is 256 Å². The molecule has 0 aliphatic carbocycles. The van der Waals surface area contributed by atoms with Gasteiger partial charge in [-0.2, -0.15) is 0 Å². The molecule has 3 aliphatic rings. The van der Waals surface area contributed by atoms with Gasteiger partial charge in [0.05, 0.1) is 43.6 Å². The lowest BCUT2D eigenvalue weighted by Crippen LogP contribution is -2.72. The van der Waals surface area contributed by atoms with Crippen molar-refractivity contribution in [3.63, 3.8) is 0 Å². The van der Waals surface area contributed by atoms with Crippen LogP contribution in [-0.2, 0) is 42.9 Å². The molecule has 0 spiro atoms. The number of carboxylic acid groups (broad SMARTS) is 1. The average molecular weight is 656 g/mol. The van der Waals surface area contributed by atoms with E-state index in [2.05, 4.69) is 16.0 Å². The lowest BCUT2D eigenvalue weighted by Gasteiger charge is -2.51. The second-order valence-electron chi connectivity index (χ2n) is 11.1. The average Bonchev–Trinajstić information content (AvgIpc) is 2.96. The van der Waals surface area contributed by atoms with Gasteiger partial charge in [0.15, 0.2) is 12.6 Å². The van der Waals surface area contributed by atoms with Crippen molar-refractivity contribution in [2.75, 3.05) is 13.2 Å². The molecule has 0 bridgehead atoms. The summed E-state index contributed by atoms with van der Waals surface area (Å²) in [6.07, 6.45) is -19.0. The number of hydrogen-bond donors (Lipinski definition) is 11. The van der Waals surface area contributed by atoms with Gasteiger partial charge in [-0.15, -0.1) is 0 Å². The first-order valence-corrected chi connectivity index (χ1v) is 14.0. The largest absolute Gasteiger partial charge is 0.477 e. The fourth-order valence-corrected chi connectivity index (χ4v) is 5.50. The van der Waals surface area contributed by atoms with Gasteiger partial charge in [-0.25, -0.2) is 4.79 Å². The number of aliphatic carboxylic acids is 1. The Morgan fingerprint density at radius 1 is 1.02 bits per heavy atom. The topological polar surface area (TPSA) is 312 Å². The molecule has 0 radical (unpaired) electrons. The van der Waals surface area contributed by atoms with Gasteiger partial charge in [-0.1, -0.05) is 0 Å². The second kappa shape index (κ2) is 15.3. The summed E-state index contributed by atoms with van der Waals surface area (Å²) < 4.78 is 28.1. The smallest absolute Gasteiger partial charge is 0.364 e. The summed E-state index contributed by atoms with van der Waals surface area (Å²) in [6, 6.07) is -4.62. The number of amides is 3. The molecule has 0 saturated carbocycles. The van der Waals surface area contributed by atoms with E-state index in [0.717, 1.165) is 13.8 Å². The van der Waals surface area contributed by atoms with Crippen molar-refractivity contribution in [3.8, 4) is 0 Å². The molecule has 258 valence electrons. The van der Waals surface area contributed by atoms with E-state index >= 15 is 0 Å². The molecular formula is C25H41N3O17. The summed E-state index contributed by atoms with van der Waals surface area (Å²) in [5.41, 5.74) is 0. The van der Waals surface area contributed by atoms with Crippen molar-refractivity contribution in [3.05, 3.63) is 0 Å². The zero-order chi connectivity index (χ0) is 33.8. The first-order valence-electron chi connectivity index (χ1n) is 14.0. The van der Waals surface area contributed by atoms with Gasteiger partial charge in [-0.05, 0) is 6.92 Å². The van der Waals surface area contributed by atoms with Crippen LogP contribution in [0.1, 0.15) is 27.2 Å². The number of aliphatic hydroxyl groups is 7. The molecule has 3 rings (SSSR count). The maximum Gasteiger partial charge on any atom is 0.364 e. The highest BCUT2D eigenvalue weighted by Gasteiger charge is 2.60. The van der Waals surface area contributed by atoms with Crippen LogP contribution in [0.25, 0.3) is 0 Å². The van der Waals surface area contributed by atoms with E-state index in [4.69, 9.17) is 23.7 Å². The maximum atomic E-state index is 12.8. The Hall–Kier alpha value is -2.60. The second-order valence-corrected chi connectivity index (χ2v) is 11.1. The molecule has 3 saturated heterocycles. The van der Waals surface area contributed by atoms with Crippen LogP contribution in [0.4, 0.5) is 0 Å². The number of hydrogen-bond acceptors (Lipinski definition) is 16. The number of carbonyl (C=O) groups is 4. The minimum absolute atomic E-state index is 0.111. The molecule has 0 aromatic rings. The van der Waals surface area contributed by atoms with Crippen molar-refractivity contribution in [1.29, 1.82) is 0 Å². The molecular weight excluding hydrogens is 614 g/mol. The normalized spacial score (nSPS) is 41.7. The molecule has 3 amide bonds. The van der Waals surface area contributed by atoms with Crippen LogP contribution < -0.4 is 16.0 Å². The summed E-state index contributed by atoms with van der Waals surface area (Å²) >= 11 is 0. The Morgan fingerprint density at radius 2 is 1.64 bits per heavy atom. The minimum Gasteiger partial charge on any atom is -0.477 e. The highest BCUT2D eigenvalue weighted by molar-refractivity contribution is 5.77. The predicted molar refractivity (Wildman–Crippen MR) is 141 cm³/mol. The summed E-state index contributed by atoms with van der Waals surface area (Å²) in [4.78, 5) is 48.4. The summed E-state index contributed by atoms with van der Waals surface area (Å²) in [6.45, 7) is 2.08. The molecule has 3 heterocycles. The van der Waals surface area contributed by atoms with Crippen molar-refractivity contribution in [2.24, 2.45) is 0 Å². The van der Waals surface area contributed by atoms with Gasteiger partial charge >= 0.3 is 5.97 Å². The van der Waals surface area contributed by atoms with Gasteiger partial charge in [0.1, 0.15) is 42.7 Å². The van der Waals surface area contributed by atoms with Gasteiger partial charge in [0.25, 0.3) is 5.79 Å². The highest BCUT2D eigenvalue weighted by atomic mass is 16.7. The third-order valence-corrected chi connectivity index (χ3v) is 7.76. The van der Waals surface area contributed by atoms with Crippen molar-refractivity contribution in [2.45, 2.75) is 119 Å². The van der Waals surface area contributed by atoms with Crippen molar-refractivity contribution in [1.82, 2.24) is 16.0 Å². The molecule has 0 aromatic carbocycles. The SMILES string of the molecule is CC(=O)N[C@H]1[C@H](O[C@@H]2COC(O)[C@H](O)[C@@H]2O)O[C@H](C)[C@H](O)[C@@H]1O[C@]1(C(=O)O)C[C@@H](O)[C@@H](NC(C)=O)[C@@H]([C@H](NC=O)[C@@H](O)CO)O1. The zero-order valence-electron chi connectivity index (χ0n) is 24.5. The zero-order valence-corrected chi connectivity index (χ0v) is 24.5. The number of carbonyl (C=O) groups excluding carboxylic acids is 3. The van der Waals surface area contributed by atoms with Crippen LogP contribution in [0.2, 0.25) is 0 Å². The van der Waals surface area contributed by atoms with E-state index in [1.807, 2.05) is 0 Å². The Kier molecular flexibility index (Phi) is 12.6. The molecule has 0 aromatic heterocycles. The predicted octanol–water partition coefficient (Wildman–Crippen LogP) is -6.66. The molecule has 3 aliphatic heterocycles. The number of rotatable bonds is 12. The van der Waals surface area contributed by atoms with Crippen molar-refractivity contribution < 1.29 is 83.7 Å². The molecule has 1 unspecified atom stereocenters. The number of ether oxygens (including phenoxy) is 5. The lowest BCUT2D eigenvalue weighted by molar-refractivity contribution is -0.358. The number of nitrogens with one attached hydrogen (secondary N) is 3. The van der Waals surface area contributed by atoms with Crippen molar-refractivity contribution >= 4 is 24.2 Å². The molecule has 3 fully saturated rings. The van der Waals surface area contributed by atoms with Gasteiger partial charge < -0.3 is 80.5 Å². The van der Waals surface area contributed by atoms with Crippen LogP contribution in [0, 0.1) is 0 Å². The maximum absolute atomic E-state index is 12.8. The Morgan fingerprint density at radius 3 is 2.20 bits per heavy atom. The van der Waals surface area contributed by atoms with E-state index in [1.165, 1.54) is 6.92 Å². The van der Waals surface area contributed by atoms with E-state index in [-0.39, 0.29) is 6.41 Å². The minimum atomic E-state index is -2.89. The van der Waals surface area contributed by atoms with Gasteiger partial charge in [0, 0.05) is 20.3 Å². The van der Waals surface area contributed by atoms with Crippen LogP contribution in [-0.4, -0.2) is 170 Å². The van der Waals surface area contributed by atoms with E-state index in [9.17, 15) is 60.0 Å². The van der Waals surface area contributed by atoms with Gasteiger partial charge in [-0.3, -0.25) is 14.4 Å². The molecule has 11 N–H and O–H groups in total.